The highest BCUT2D eigenvalue weighted by Gasteiger charge is 2.10. The average molecular weight is 425 g/mol. The third kappa shape index (κ3) is 4.04. The highest BCUT2D eigenvalue weighted by atomic mass is 79.9. The van der Waals surface area contributed by atoms with Crippen LogP contribution in [0, 0.1) is 0 Å². The second-order valence-corrected chi connectivity index (χ2v) is 6.25. The van der Waals surface area contributed by atoms with Gasteiger partial charge in [-0.1, -0.05) is 0 Å². The van der Waals surface area contributed by atoms with E-state index in [4.69, 9.17) is 4.42 Å². The normalized spacial score (nSPS) is 10.6. The van der Waals surface area contributed by atoms with E-state index in [1.165, 1.54) is 6.33 Å². The Labute approximate surface area is 162 Å². The van der Waals surface area contributed by atoms with Gasteiger partial charge < -0.3 is 15.1 Å². The maximum Gasteiger partial charge on any atom is 0.291 e. The van der Waals surface area contributed by atoms with Gasteiger partial charge in [0.05, 0.1) is 0 Å². The first kappa shape index (κ1) is 17.0. The summed E-state index contributed by atoms with van der Waals surface area (Å²) in [7, 11) is 0. The van der Waals surface area contributed by atoms with Crippen molar-refractivity contribution in [3.63, 3.8) is 0 Å². The van der Waals surface area contributed by atoms with Crippen LogP contribution in [0.15, 0.2) is 76.3 Å². The summed E-state index contributed by atoms with van der Waals surface area (Å²) in [5, 5.41) is 10.1. The molecule has 0 atom stereocenters. The topological polar surface area (TPSA) is 97.9 Å². The number of anilines is 3. The summed E-state index contributed by atoms with van der Waals surface area (Å²) in [4.78, 5) is 20.5. The summed E-state index contributed by atoms with van der Waals surface area (Å²) in [5.74, 6) is 1.20. The van der Waals surface area contributed by atoms with Crippen LogP contribution >= 0.6 is 15.9 Å². The number of hydrogen-bond donors (Lipinski definition) is 2. The fraction of sp³-hybridized carbons (Fsp3) is 0. The van der Waals surface area contributed by atoms with Crippen molar-refractivity contribution in [2.75, 3.05) is 10.6 Å². The van der Waals surface area contributed by atoms with Gasteiger partial charge in [-0.2, -0.15) is 5.10 Å². The summed E-state index contributed by atoms with van der Waals surface area (Å²) < 4.78 is 7.39. The quantitative estimate of drug-likeness (QED) is 0.502. The van der Waals surface area contributed by atoms with E-state index < -0.39 is 0 Å². The number of aromatic nitrogens is 4. The van der Waals surface area contributed by atoms with Crippen LogP contribution in [0.3, 0.4) is 0 Å². The molecular formula is C18H13BrN6O2. The van der Waals surface area contributed by atoms with Crippen LogP contribution in [-0.4, -0.2) is 25.7 Å². The van der Waals surface area contributed by atoms with Crippen molar-refractivity contribution in [1.82, 2.24) is 19.7 Å². The summed E-state index contributed by atoms with van der Waals surface area (Å²) in [6, 6.07) is 14.1. The fourth-order valence-electron chi connectivity index (χ4n) is 2.36. The number of furan rings is 1. The molecule has 4 aromatic rings. The minimum atomic E-state index is -0.318. The van der Waals surface area contributed by atoms with Gasteiger partial charge in [0.2, 0.25) is 0 Å². The van der Waals surface area contributed by atoms with Gasteiger partial charge in [-0.05, 0) is 58.4 Å². The molecule has 0 radical (unpaired) electrons. The number of carbonyl (C=O) groups is 1. The van der Waals surface area contributed by atoms with Crippen LogP contribution in [0.4, 0.5) is 17.2 Å². The number of hydrogen-bond acceptors (Lipinski definition) is 6. The molecule has 2 N–H and O–H groups in total. The second kappa shape index (κ2) is 7.42. The molecule has 1 aromatic carbocycles. The van der Waals surface area contributed by atoms with Crippen molar-refractivity contribution in [1.29, 1.82) is 0 Å². The predicted octanol–water partition coefficient (Wildman–Crippen LogP) is 4.01. The van der Waals surface area contributed by atoms with E-state index in [2.05, 4.69) is 41.6 Å². The standard InChI is InChI=1S/C18H13BrN6O2/c19-15-7-6-14(27-15)18(26)24-13-4-2-12(3-5-13)23-16-10-17(21-11-20-16)25-9-1-8-22-25/h1-11H,(H,24,26)(H,20,21,23). The van der Waals surface area contributed by atoms with Gasteiger partial charge in [-0.15, -0.1) is 0 Å². The molecule has 4 rings (SSSR count). The van der Waals surface area contributed by atoms with Crippen molar-refractivity contribution >= 4 is 39.0 Å². The molecule has 0 aliphatic carbocycles. The van der Waals surface area contributed by atoms with Crippen molar-refractivity contribution < 1.29 is 9.21 Å². The largest absolute Gasteiger partial charge is 0.444 e. The molecular weight excluding hydrogens is 412 g/mol. The van der Waals surface area contributed by atoms with E-state index >= 15 is 0 Å². The lowest BCUT2D eigenvalue weighted by Gasteiger charge is -2.08. The molecule has 1 amide bonds. The van der Waals surface area contributed by atoms with Gasteiger partial charge in [0.25, 0.3) is 5.91 Å². The Morgan fingerprint density at radius 2 is 1.89 bits per heavy atom. The SMILES string of the molecule is O=C(Nc1ccc(Nc2cc(-n3cccn3)ncn2)cc1)c1ccc(Br)o1. The zero-order valence-corrected chi connectivity index (χ0v) is 15.4. The highest BCUT2D eigenvalue weighted by Crippen LogP contribution is 2.20. The predicted molar refractivity (Wildman–Crippen MR) is 103 cm³/mol. The van der Waals surface area contributed by atoms with Crippen LogP contribution in [0.2, 0.25) is 0 Å². The molecule has 3 aromatic heterocycles. The lowest BCUT2D eigenvalue weighted by atomic mass is 10.2. The Morgan fingerprint density at radius 3 is 2.59 bits per heavy atom. The Kier molecular flexibility index (Phi) is 4.67. The number of nitrogens with one attached hydrogen (secondary N) is 2. The molecule has 0 aliphatic rings. The molecule has 0 saturated carbocycles. The zero-order chi connectivity index (χ0) is 18.6. The zero-order valence-electron chi connectivity index (χ0n) is 13.8. The van der Waals surface area contributed by atoms with E-state index in [0.717, 1.165) is 5.69 Å². The molecule has 0 saturated heterocycles. The Balaban J connectivity index is 1.44. The summed E-state index contributed by atoms with van der Waals surface area (Å²) >= 11 is 3.17. The van der Waals surface area contributed by atoms with Crippen molar-refractivity contribution in [3.8, 4) is 5.82 Å². The van der Waals surface area contributed by atoms with Crippen molar-refractivity contribution in [2.45, 2.75) is 0 Å². The third-order valence-electron chi connectivity index (χ3n) is 3.60. The number of amides is 1. The monoisotopic (exact) mass is 424 g/mol. The number of rotatable bonds is 5. The molecule has 0 bridgehead atoms. The first-order valence-corrected chi connectivity index (χ1v) is 8.72. The molecule has 27 heavy (non-hydrogen) atoms. The Bertz CT molecular complexity index is 1060. The number of nitrogens with zero attached hydrogens (tertiary/aromatic N) is 4. The first-order valence-electron chi connectivity index (χ1n) is 7.93. The fourth-order valence-corrected chi connectivity index (χ4v) is 2.67. The highest BCUT2D eigenvalue weighted by molar-refractivity contribution is 9.10. The number of halogens is 1. The molecule has 8 nitrogen and oxygen atoms in total. The van der Waals surface area contributed by atoms with Gasteiger partial charge >= 0.3 is 0 Å². The van der Waals surface area contributed by atoms with Crippen molar-refractivity contribution in [2.24, 2.45) is 0 Å². The summed E-state index contributed by atoms with van der Waals surface area (Å²) in [5.41, 5.74) is 1.47. The third-order valence-corrected chi connectivity index (χ3v) is 4.03. The lowest BCUT2D eigenvalue weighted by molar-refractivity contribution is 0.0995. The van der Waals surface area contributed by atoms with Crippen LogP contribution in [0.1, 0.15) is 10.6 Å². The summed E-state index contributed by atoms with van der Waals surface area (Å²) in [6.07, 6.45) is 4.96. The van der Waals surface area contributed by atoms with E-state index in [9.17, 15) is 4.79 Å². The molecule has 3 heterocycles. The van der Waals surface area contributed by atoms with E-state index in [0.29, 0.717) is 22.0 Å². The Morgan fingerprint density at radius 1 is 1.07 bits per heavy atom. The molecule has 0 fully saturated rings. The van der Waals surface area contributed by atoms with Gasteiger partial charge in [0.15, 0.2) is 16.2 Å². The summed E-state index contributed by atoms with van der Waals surface area (Å²) in [6.45, 7) is 0. The molecule has 0 spiro atoms. The maximum absolute atomic E-state index is 12.1. The smallest absolute Gasteiger partial charge is 0.291 e. The van der Waals surface area contributed by atoms with E-state index in [-0.39, 0.29) is 11.7 Å². The number of carbonyl (C=O) groups excluding carboxylic acids is 1. The molecule has 134 valence electrons. The first-order chi connectivity index (χ1) is 13.2. The van der Waals surface area contributed by atoms with E-state index in [1.54, 1.807) is 47.4 Å². The second-order valence-electron chi connectivity index (χ2n) is 5.47. The average Bonchev–Trinajstić information content (AvgIpc) is 3.35. The van der Waals surface area contributed by atoms with Crippen molar-refractivity contribution in [3.05, 3.63) is 77.7 Å². The van der Waals surface area contributed by atoms with E-state index in [1.807, 2.05) is 18.2 Å². The van der Waals surface area contributed by atoms with Crippen LogP contribution in [0.5, 0.6) is 0 Å². The maximum atomic E-state index is 12.1. The van der Waals surface area contributed by atoms with Gasteiger partial charge in [-0.3, -0.25) is 4.79 Å². The molecule has 0 unspecified atom stereocenters. The van der Waals surface area contributed by atoms with Crippen LogP contribution < -0.4 is 10.6 Å². The Hall–Kier alpha value is -3.46. The van der Waals surface area contributed by atoms with Gasteiger partial charge in [0.1, 0.15) is 12.1 Å². The van der Waals surface area contributed by atoms with Gasteiger partial charge in [-0.25, -0.2) is 14.6 Å². The molecule has 9 heteroatoms. The van der Waals surface area contributed by atoms with Gasteiger partial charge in [0, 0.05) is 29.8 Å². The lowest BCUT2D eigenvalue weighted by Crippen LogP contribution is -2.10. The minimum Gasteiger partial charge on any atom is -0.444 e. The molecule has 0 aliphatic heterocycles. The number of benzene rings is 1. The van der Waals surface area contributed by atoms with Crippen LogP contribution in [0.25, 0.3) is 5.82 Å². The van der Waals surface area contributed by atoms with Crippen LogP contribution in [-0.2, 0) is 0 Å². The minimum absolute atomic E-state index is 0.233.